The average molecular weight is 311 g/mol. The zero-order valence-corrected chi connectivity index (χ0v) is 13.6. The Morgan fingerprint density at radius 2 is 2.09 bits per heavy atom. The molecular weight excluding hydrogens is 286 g/mol. The number of hydrogen-bond acceptors (Lipinski definition) is 6. The van der Waals surface area contributed by atoms with E-state index in [1.54, 1.807) is 14.0 Å². The third-order valence-electron chi connectivity index (χ3n) is 3.42. The van der Waals surface area contributed by atoms with E-state index in [1.165, 1.54) is 0 Å². The number of hydrogen-bond donors (Lipinski definition) is 2. The van der Waals surface area contributed by atoms with E-state index in [0.717, 1.165) is 21.9 Å². The number of aliphatic hydroxyl groups excluding tert-OH is 1. The molecule has 0 amide bonds. The van der Waals surface area contributed by atoms with Crippen molar-refractivity contribution in [2.24, 2.45) is 5.92 Å². The molecule has 22 heavy (non-hydrogen) atoms. The molecule has 2 rings (SSSR count). The van der Waals surface area contributed by atoms with Crippen molar-refractivity contribution in [3.05, 3.63) is 29.3 Å². The predicted octanol–water partition coefficient (Wildman–Crippen LogP) is 1.75. The lowest BCUT2D eigenvalue weighted by atomic mass is 10.0. The number of aryl methyl sites for hydroxylation is 1. The Hall–Kier alpha value is -1.63. The van der Waals surface area contributed by atoms with Gasteiger partial charge in [-0.1, -0.05) is 25.1 Å². The van der Waals surface area contributed by atoms with E-state index in [0.29, 0.717) is 6.61 Å². The Labute approximate surface area is 131 Å². The molecule has 0 bridgehead atoms. The highest BCUT2D eigenvalue weighted by atomic mass is 16.6. The predicted molar refractivity (Wildman–Crippen MR) is 81.7 cm³/mol. The first kappa shape index (κ1) is 18.4. The molecule has 2 N–H and O–H groups in total. The molecule has 0 aliphatic carbocycles. The zero-order chi connectivity index (χ0) is 16.7. The van der Waals surface area contributed by atoms with Gasteiger partial charge in [-0.05, 0) is 19.4 Å². The molecule has 1 fully saturated rings. The molecule has 1 aliphatic heterocycles. The van der Waals surface area contributed by atoms with Gasteiger partial charge in [0.05, 0.1) is 20.3 Å². The number of para-hydroxylation sites is 1. The zero-order valence-electron chi connectivity index (χ0n) is 13.6. The van der Waals surface area contributed by atoms with Gasteiger partial charge >= 0.3 is 5.97 Å². The molecule has 1 heterocycles. The van der Waals surface area contributed by atoms with Crippen LogP contribution in [-0.4, -0.2) is 47.7 Å². The lowest BCUT2D eigenvalue weighted by Crippen LogP contribution is -2.39. The molecule has 124 valence electrons. The number of benzene rings is 1. The van der Waals surface area contributed by atoms with E-state index >= 15 is 0 Å². The largest absolute Gasteiger partial charge is 0.496 e. The Kier molecular flexibility index (Phi) is 7.31. The minimum atomic E-state index is -0.606. The van der Waals surface area contributed by atoms with Crippen molar-refractivity contribution in [1.29, 1.82) is 0 Å². The lowest BCUT2D eigenvalue weighted by Gasteiger charge is -2.23. The number of rotatable bonds is 4. The Bertz CT molecular complexity index is 491. The fourth-order valence-corrected chi connectivity index (χ4v) is 2.44. The van der Waals surface area contributed by atoms with Crippen LogP contribution in [0.1, 0.15) is 25.0 Å². The van der Waals surface area contributed by atoms with Gasteiger partial charge in [-0.3, -0.25) is 4.79 Å². The maximum Gasteiger partial charge on any atom is 0.326 e. The topological polar surface area (TPSA) is 79.2 Å². The van der Waals surface area contributed by atoms with Gasteiger partial charge < -0.3 is 19.8 Å². The number of ether oxygens (including phenoxy) is 2. The average Bonchev–Trinajstić information content (AvgIpc) is 2.79. The van der Waals surface area contributed by atoms with Crippen LogP contribution < -0.4 is 4.74 Å². The summed E-state index contributed by atoms with van der Waals surface area (Å²) < 4.78 is 10.3. The number of carbonyl (C=O) groups is 1. The molecule has 6 nitrogen and oxygen atoms in total. The standard InChI is InChI=1S/C14H19NO4.C2H6O/c1-9-5-4-6-11(13(9)18-3)7-15(17)12-10(2)8-19-14(12)16;1-2-3/h4-6,10,12,17H,7-8H2,1-3H3;3H,2H2,1H3/t10-,12-;/m0./s1. The number of cyclic esters (lactones) is 1. The van der Waals surface area contributed by atoms with Crippen molar-refractivity contribution in [2.45, 2.75) is 33.4 Å². The molecule has 0 radical (unpaired) electrons. The minimum Gasteiger partial charge on any atom is -0.496 e. The highest BCUT2D eigenvalue weighted by molar-refractivity contribution is 5.77. The molecule has 0 spiro atoms. The molecule has 0 unspecified atom stereocenters. The van der Waals surface area contributed by atoms with E-state index in [2.05, 4.69) is 0 Å². The van der Waals surface area contributed by atoms with Crippen LogP contribution >= 0.6 is 0 Å². The fraction of sp³-hybridized carbons (Fsp3) is 0.562. The quantitative estimate of drug-likeness (QED) is 0.651. The number of hydroxylamine groups is 2. The fourth-order valence-electron chi connectivity index (χ4n) is 2.44. The minimum absolute atomic E-state index is 0.0201. The molecule has 6 heteroatoms. The smallest absolute Gasteiger partial charge is 0.326 e. The number of methoxy groups -OCH3 is 1. The summed E-state index contributed by atoms with van der Waals surface area (Å²) in [5.41, 5.74) is 1.84. The van der Waals surface area contributed by atoms with Crippen LogP contribution in [0.15, 0.2) is 18.2 Å². The summed E-state index contributed by atoms with van der Waals surface area (Å²) in [7, 11) is 1.60. The summed E-state index contributed by atoms with van der Waals surface area (Å²) in [4.78, 5) is 11.6. The molecule has 1 aliphatic rings. The summed E-state index contributed by atoms with van der Waals surface area (Å²) in [5.74, 6) is 0.343. The Morgan fingerprint density at radius 1 is 1.45 bits per heavy atom. The SMILES string of the molecule is CCO.COc1c(C)cccc1CN(O)[C@@H]1C(=O)OC[C@@H]1C. The first-order chi connectivity index (χ1) is 10.5. The van der Waals surface area contributed by atoms with Crippen LogP contribution in [0.5, 0.6) is 5.75 Å². The summed E-state index contributed by atoms with van der Waals surface area (Å²) in [6.45, 7) is 6.34. The summed E-state index contributed by atoms with van der Waals surface area (Å²) in [6.07, 6.45) is 0. The van der Waals surface area contributed by atoms with Crippen molar-refractivity contribution in [3.8, 4) is 5.75 Å². The van der Waals surface area contributed by atoms with Gasteiger partial charge in [0.1, 0.15) is 11.8 Å². The maximum atomic E-state index is 11.6. The lowest BCUT2D eigenvalue weighted by molar-refractivity contribution is -0.168. The van der Waals surface area contributed by atoms with Crippen LogP contribution in [0.2, 0.25) is 0 Å². The highest BCUT2D eigenvalue weighted by Crippen LogP contribution is 2.27. The van der Waals surface area contributed by atoms with Crippen LogP contribution in [-0.2, 0) is 16.1 Å². The van der Waals surface area contributed by atoms with E-state index < -0.39 is 6.04 Å². The van der Waals surface area contributed by atoms with Crippen molar-refractivity contribution >= 4 is 5.97 Å². The summed E-state index contributed by atoms with van der Waals surface area (Å²) in [5, 5.41) is 18.7. The normalized spacial score (nSPS) is 20.4. The van der Waals surface area contributed by atoms with Crippen molar-refractivity contribution < 1.29 is 24.6 Å². The first-order valence-corrected chi connectivity index (χ1v) is 7.31. The molecule has 0 saturated carbocycles. The van der Waals surface area contributed by atoms with E-state index in [9.17, 15) is 10.0 Å². The van der Waals surface area contributed by atoms with Crippen molar-refractivity contribution in [2.75, 3.05) is 20.3 Å². The second-order valence-electron chi connectivity index (χ2n) is 5.23. The number of esters is 1. The van der Waals surface area contributed by atoms with Gasteiger partial charge in [-0.15, -0.1) is 0 Å². The third-order valence-corrected chi connectivity index (χ3v) is 3.42. The molecule has 1 aromatic rings. The van der Waals surface area contributed by atoms with Crippen LogP contribution in [0, 0.1) is 12.8 Å². The summed E-state index contributed by atoms with van der Waals surface area (Å²) in [6, 6.07) is 5.11. The second-order valence-corrected chi connectivity index (χ2v) is 5.23. The monoisotopic (exact) mass is 311 g/mol. The van der Waals surface area contributed by atoms with Crippen LogP contribution in [0.25, 0.3) is 0 Å². The molecule has 1 aromatic carbocycles. The highest BCUT2D eigenvalue weighted by Gasteiger charge is 2.38. The van der Waals surface area contributed by atoms with Gasteiger partial charge in [-0.2, -0.15) is 5.06 Å². The number of aliphatic hydroxyl groups is 1. The van der Waals surface area contributed by atoms with Gasteiger partial charge in [0.2, 0.25) is 0 Å². The van der Waals surface area contributed by atoms with Crippen molar-refractivity contribution in [3.63, 3.8) is 0 Å². The van der Waals surface area contributed by atoms with E-state index in [4.69, 9.17) is 14.6 Å². The van der Waals surface area contributed by atoms with E-state index in [-0.39, 0.29) is 25.0 Å². The summed E-state index contributed by atoms with van der Waals surface area (Å²) >= 11 is 0. The van der Waals surface area contributed by atoms with E-state index in [1.807, 2.05) is 32.0 Å². The number of nitrogens with zero attached hydrogens (tertiary/aromatic N) is 1. The molecule has 0 aromatic heterocycles. The Morgan fingerprint density at radius 3 is 2.59 bits per heavy atom. The third kappa shape index (κ3) is 4.43. The second kappa shape index (κ2) is 8.73. The Balaban J connectivity index is 0.000000745. The maximum absolute atomic E-state index is 11.6. The van der Waals surface area contributed by atoms with Crippen molar-refractivity contribution in [1.82, 2.24) is 5.06 Å². The number of carbonyl (C=O) groups excluding carboxylic acids is 1. The molecular formula is C16H25NO5. The first-order valence-electron chi connectivity index (χ1n) is 7.31. The van der Waals surface area contributed by atoms with Crippen LogP contribution in [0.3, 0.4) is 0 Å². The molecule has 1 saturated heterocycles. The van der Waals surface area contributed by atoms with Gasteiger partial charge in [0.15, 0.2) is 0 Å². The van der Waals surface area contributed by atoms with Crippen LogP contribution in [0.4, 0.5) is 0 Å². The van der Waals surface area contributed by atoms with Gasteiger partial charge in [0, 0.05) is 18.1 Å². The van der Waals surface area contributed by atoms with Gasteiger partial charge in [-0.25, -0.2) is 0 Å². The molecule has 2 atom stereocenters. The van der Waals surface area contributed by atoms with Gasteiger partial charge in [0.25, 0.3) is 0 Å².